The summed E-state index contributed by atoms with van der Waals surface area (Å²) in [6.07, 6.45) is 1.86. The second-order valence-electron chi connectivity index (χ2n) is 6.07. The number of hydrogen-bond donors (Lipinski definition) is 0. The van der Waals surface area contributed by atoms with Crippen LogP contribution in [0.15, 0.2) is 41.1 Å². The van der Waals surface area contributed by atoms with E-state index in [1.807, 2.05) is 27.8 Å². The zero-order valence-corrected chi connectivity index (χ0v) is 14.1. The summed E-state index contributed by atoms with van der Waals surface area (Å²) in [5, 5.41) is 3.77. The van der Waals surface area contributed by atoms with Crippen LogP contribution in [0.3, 0.4) is 0 Å². The Morgan fingerprint density at radius 1 is 1.30 bits per heavy atom. The highest BCUT2D eigenvalue weighted by atomic mass is 32.1. The average Bonchev–Trinajstić information content (AvgIpc) is 3.09. The van der Waals surface area contributed by atoms with Gasteiger partial charge in [-0.05, 0) is 50.5 Å². The Morgan fingerprint density at radius 2 is 2.04 bits per heavy atom. The Balaban J connectivity index is 1.84. The maximum atomic E-state index is 14.0. The van der Waals surface area contributed by atoms with E-state index < -0.39 is 0 Å². The van der Waals surface area contributed by atoms with E-state index >= 15 is 0 Å². The molecule has 1 aromatic carbocycles. The topological polar surface area (TPSA) is 23.6 Å². The molecule has 0 aliphatic carbocycles. The number of carbonyl (C=O) groups is 1. The maximum absolute atomic E-state index is 14.0. The van der Waals surface area contributed by atoms with Gasteiger partial charge < -0.3 is 9.80 Å². The largest absolute Gasteiger partial charge is 0.331 e. The molecule has 0 saturated carbocycles. The van der Waals surface area contributed by atoms with Gasteiger partial charge in [-0.15, -0.1) is 0 Å². The molecule has 0 unspecified atom stereocenters. The van der Waals surface area contributed by atoms with Crippen LogP contribution in [0.1, 0.15) is 28.8 Å². The second-order valence-corrected chi connectivity index (χ2v) is 6.85. The number of carbonyl (C=O) groups excluding carboxylic acids is 1. The van der Waals surface area contributed by atoms with Crippen LogP contribution in [0.4, 0.5) is 4.39 Å². The summed E-state index contributed by atoms with van der Waals surface area (Å²) in [5.41, 5.74) is 1.28. The van der Waals surface area contributed by atoms with Crippen molar-refractivity contribution >= 4 is 17.2 Å². The highest BCUT2D eigenvalue weighted by Gasteiger charge is 2.28. The van der Waals surface area contributed by atoms with Crippen LogP contribution in [0, 0.1) is 5.82 Å². The molecule has 2 aromatic rings. The van der Waals surface area contributed by atoms with Gasteiger partial charge in [-0.2, -0.15) is 11.3 Å². The van der Waals surface area contributed by atoms with E-state index in [0.717, 1.165) is 25.9 Å². The Hall–Kier alpha value is -1.72. The van der Waals surface area contributed by atoms with Gasteiger partial charge in [0, 0.05) is 23.5 Å². The third-order valence-electron chi connectivity index (χ3n) is 4.46. The summed E-state index contributed by atoms with van der Waals surface area (Å²) >= 11 is 1.51. The number of hydrogen-bond acceptors (Lipinski definition) is 3. The number of benzene rings is 1. The lowest BCUT2D eigenvalue weighted by molar-refractivity contribution is 0.0567. The van der Waals surface area contributed by atoms with Gasteiger partial charge in [-0.25, -0.2) is 4.39 Å². The number of thiophene rings is 1. The fourth-order valence-corrected chi connectivity index (χ4v) is 3.67. The van der Waals surface area contributed by atoms with Crippen molar-refractivity contribution in [2.45, 2.75) is 25.4 Å². The van der Waals surface area contributed by atoms with E-state index in [0.29, 0.717) is 17.7 Å². The normalized spacial score (nSPS) is 16.4. The number of nitrogens with zero attached hydrogens (tertiary/aromatic N) is 2. The summed E-state index contributed by atoms with van der Waals surface area (Å²) in [4.78, 5) is 17.0. The first-order valence-corrected chi connectivity index (χ1v) is 8.84. The molecule has 23 heavy (non-hydrogen) atoms. The molecule has 1 aromatic heterocycles. The van der Waals surface area contributed by atoms with Crippen molar-refractivity contribution in [3.05, 3.63) is 58.0 Å². The van der Waals surface area contributed by atoms with Crippen LogP contribution < -0.4 is 0 Å². The summed E-state index contributed by atoms with van der Waals surface area (Å²) in [7, 11) is 2.10. The maximum Gasteiger partial charge on any atom is 0.255 e. The van der Waals surface area contributed by atoms with E-state index in [1.165, 1.54) is 17.4 Å². The predicted octanol–water partition coefficient (Wildman–Crippen LogP) is 3.62. The monoisotopic (exact) mass is 332 g/mol. The van der Waals surface area contributed by atoms with Gasteiger partial charge >= 0.3 is 0 Å². The second kappa shape index (κ2) is 7.23. The lowest BCUT2D eigenvalue weighted by Crippen LogP contribution is -2.46. The number of amides is 1. The van der Waals surface area contributed by atoms with Crippen molar-refractivity contribution in [1.82, 2.24) is 9.80 Å². The molecular weight excluding hydrogens is 311 g/mol. The molecule has 3 nitrogen and oxygen atoms in total. The molecule has 0 atom stereocenters. The summed E-state index contributed by atoms with van der Waals surface area (Å²) in [6, 6.07) is 8.73. The minimum Gasteiger partial charge on any atom is -0.331 e. The van der Waals surface area contributed by atoms with E-state index in [-0.39, 0.29) is 17.8 Å². The molecule has 5 heteroatoms. The van der Waals surface area contributed by atoms with E-state index in [1.54, 1.807) is 12.1 Å². The van der Waals surface area contributed by atoms with Gasteiger partial charge in [0.25, 0.3) is 5.91 Å². The van der Waals surface area contributed by atoms with E-state index in [9.17, 15) is 9.18 Å². The number of halogens is 1. The van der Waals surface area contributed by atoms with Crippen molar-refractivity contribution in [3.8, 4) is 0 Å². The van der Waals surface area contributed by atoms with Gasteiger partial charge in [-0.1, -0.05) is 18.2 Å². The average molecular weight is 332 g/mol. The van der Waals surface area contributed by atoms with Gasteiger partial charge in [0.2, 0.25) is 0 Å². The Kier molecular flexibility index (Phi) is 5.08. The van der Waals surface area contributed by atoms with E-state index in [2.05, 4.69) is 11.9 Å². The summed E-state index contributed by atoms with van der Waals surface area (Å²) in [5.74, 6) is -0.243. The van der Waals surface area contributed by atoms with Crippen molar-refractivity contribution in [3.63, 3.8) is 0 Å². The highest BCUT2D eigenvalue weighted by molar-refractivity contribution is 7.08. The smallest absolute Gasteiger partial charge is 0.255 e. The molecule has 0 radical (unpaired) electrons. The fourth-order valence-electron chi connectivity index (χ4n) is 3.04. The third kappa shape index (κ3) is 3.79. The standard InChI is InChI=1S/C18H21FN2OS/c1-20-9-6-16(7-10-20)21(18(22)15-8-11-23-13-15)12-14-4-2-3-5-17(14)19/h2-5,8,11,13,16H,6-7,9-10,12H2,1H3. The van der Waals surface area contributed by atoms with Gasteiger partial charge in [0.05, 0.1) is 5.56 Å². The molecule has 1 saturated heterocycles. The Bertz CT molecular complexity index is 651. The molecule has 0 spiro atoms. The molecule has 2 heterocycles. The van der Waals surface area contributed by atoms with Crippen LogP contribution in [0.5, 0.6) is 0 Å². The number of piperidine rings is 1. The number of likely N-dealkylation sites (tertiary alicyclic amines) is 1. The first kappa shape index (κ1) is 16.1. The van der Waals surface area contributed by atoms with E-state index in [4.69, 9.17) is 0 Å². The van der Waals surface area contributed by atoms with Crippen LogP contribution in [0.25, 0.3) is 0 Å². The molecule has 0 bridgehead atoms. The first-order valence-electron chi connectivity index (χ1n) is 7.90. The molecular formula is C18H21FN2OS. The molecule has 1 amide bonds. The zero-order valence-electron chi connectivity index (χ0n) is 13.2. The molecule has 1 aliphatic rings. The zero-order chi connectivity index (χ0) is 16.2. The Morgan fingerprint density at radius 3 is 2.70 bits per heavy atom. The SMILES string of the molecule is CN1CCC(N(Cc2ccccc2F)C(=O)c2ccsc2)CC1. The van der Waals surface area contributed by atoms with Crippen molar-refractivity contribution in [1.29, 1.82) is 0 Å². The molecule has 3 rings (SSSR count). The quantitative estimate of drug-likeness (QED) is 0.854. The number of rotatable bonds is 4. The molecule has 1 fully saturated rings. The van der Waals surface area contributed by atoms with Gasteiger partial charge in [0.1, 0.15) is 5.82 Å². The predicted molar refractivity (Wildman–Crippen MR) is 91.1 cm³/mol. The van der Waals surface area contributed by atoms with Crippen LogP contribution in [-0.4, -0.2) is 41.9 Å². The lowest BCUT2D eigenvalue weighted by Gasteiger charge is -2.37. The Labute approximate surface area is 140 Å². The fraction of sp³-hybridized carbons (Fsp3) is 0.389. The van der Waals surface area contributed by atoms with Crippen molar-refractivity contribution in [2.75, 3.05) is 20.1 Å². The lowest BCUT2D eigenvalue weighted by atomic mass is 10.0. The van der Waals surface area contributed by atoms with Crippen LogP contribution >= 0.6 is 11.3 Å². The van der Waals surface area contributed by atoms with Gasteiger partial charge in [-0.3, -0.25) is 4.79 Å². The molecule has 122 valence electrons. The van der Waals surface area contributed by atoms with Crippen LogP contribution in [0.2, 0.25) is 0 Å². The first-order chi connectivity index (χ1) is 11.1. The summed E-state index contributed by atoms with van der Waals surface area (Å²) < 4.78 is 14.0. The third-order valence-corrected chi connectivity index (χ3v) is 5.14. The van der Waals surface area contributed by atoms with Crippen molar-refractivity contribution < 1.29 is 9.18 Å². The van der Waals surface area contributed by atoms with Gasteiger partial charge in [0.15, 0.2) is 0 Å². The minimum absolute atomic E-state index is 0.00376. The summed E-state index contributed by atoms with van der Waals surface area (Å²) in [6.45, 7) is 2.26. The molecule has 0 N–H and O–H groups in total. The molecule has 1 aliphatic heterocycles. The minimum atomic E-state index is -0.247. The van der Waals surface area contributed by atoms with Crippen molar-refractivity contribution in [2.24, 2.45) is 0 Å². The van der Waals surface area contributed by atoms with Crippen LogP contribution in [-0.2, 0) is 6.54 Å². The highest BCUT2D eigenvalue weighted by Crippen LogP contribution is 2.22.